The molecule has 0 N–H and O–H groups in total. The molecule has 0 atom stereocenters. The highest BCUT2D eigenvalue weighted by molar-refractivity contribution is 5.98. The van der Waals surface area contributed by atoms with Crippen LogP contribution in [0, 0.1) is 0 Å². The van der Waals surface area contributed by atoms with Crippen LogP contribution in [0.1, 0.15) is 149 Å². The quantitative estimate of drug-likeness (QED) is 0.140. The highest BCUT2D eigenvalue weighted by Gasteiger charge is 2.08. The molecule has 0 rings (SSSR count). The van der Waals surface area contributed by atoms with E-state index in [2.05, 4.69) is 6.92 Å². The Morgan fingerprint density at radius 1 is 0.407 bits per heavy atom. The van der Waals surface area contributed by atoms with Crippen molar-refractivity contribution in [2.45, 2.75) is 149 Å². The molecule has 2 heteroatoms. The number of carbonyl (C=O) groups excluding carboxylic acids is 2. The lowest BCUT2D eigenvalue weighted by atomic mass is 10.0. The smallest absolute Gasteiger partial charge is 0.140 e. The van der Waals surface area contributed by atoms with Crippen LogP contribution >= 0.6 is 0 Å². The second kappa shape index (κ2) is 21.6. The monoisotopic (exact) mass is 380 g/mol. The fourth-order valence-corrected chi connectivity index (χ4v) is 3.72. The lowest BCUT2D eigenvalue weighted by Crippen LogP contribution is -2.07. The van der Waals surface area contributed by atoms with Crippen LogP contribution in [0.4, 0.5) is 0 Å². The van der Waals surface area contributed by atoms with Gasteiger partial charge in [-0.25, -0.2) is 0 Å². The molecule has 0 aliphatic carbocycles. The van der Waals surface area contributed by atoms with Crippen LogP contribution in [0.25, 0.3) is 0 Å². The van der Waals surface area contributed by atoms with Crippen molar-refractivity contribution in [2.24, 2.45) is 0 Å². The molecule has 0 saturated carbocycles. The molecule has 0 aromatic heterocycles. The molecule has 160 valence electrons. The van der Waals surface area contributed by atoms with Gasteiger partial charge in [0.05, 0.1) is 6.42 Å². The Hall–Kier alpha value is -0.660. The maximum atomic E-state index is 11.7. The van der Waals surface area contributed by atoms with E-state index in [1.165, 1.54) is 96.3 Å². The van der Waals surface area contributed by atoms with Gasteiger partial charge in [0.2, 0.25) is 0 Å². The van der Waals surface area contributed by atoms with E-state index in [1.54, 1.807) is 0 Å². The Balaban J connectivity index is 3.14. The van der Waals surface area contributed by atoms with Crippen molar-refractivity contribution in [2.75, 3.05) is 0 Å². The highest BCUT2D eigenvalue weighted by atomic mass is 16.1. The van der Waals surface area contributed by atoms with Gasteiger partial charge in [-0.3, -0.25) is 9.59 Å². The van der Waals surface area contributed by atoms with Crippen molar-refractivity contribution in [3.8, 4) is 0 Å². The summed E-state index contributed by atoms with van der Waals surface area (Å²) in [6.45, 7) is 4.27. The Kier molecular flexibility index (Phi) is 21.1. The van der Waals surface area contributed by atoms with Crippen molar-refractivity contribution < 1.29 is 9.59 Å². The molecule has 0 fully saturated rings. The van der Waals surface area contributed by atoms with Gasteiger partial charge in [0.25, 0.3) is 0 Å². The first kappa shape index (κ1) is 26.3. The molecular formula is C25H48O2. The van der Waals surface area contributed by atoms with Gasteiger partial charge in [0, 0.05) is 12.8 Å². The molecule has 0 unspecified atom stereocenters. The minimum Gasteiger partial charge on any atom is -0.299 e. The zero-order chi connectivity index (χ0) is 20.0. The van der Waals surface area contributed by atoms with Gasteiger partial charge in [-0.2, -0.15) is 0 Å². The Bertz CT molecular complexity index is 335. The summed E-state index contributed by atoms with van der Waals surface area (Å²) in [5.41, 5.74) is 0. The van der Waals surface area contributed by atoms with Crippen molar-refractivity contribution in [3.63, 3.8) is 0 Å². The Morgan fingerprint density at radius 3 is 1.11 bits per heavy atom. The van der Waals surface area contributed by atoms with Gasteiger partial charge in [0.15, 0.2) is 0 Å². The summed E-state index contributed by atoms with van der Waals surface area (Å²) in [7, 11) is 0. The van der Waals surface area contributed by atoms with E-state index in [-0.39, 0.29) is 18.0 Å². The third kappa shape index (κ3) is 21.5. The molecule has 0 saturated heterocycles. The van der Waals surface area contributed by atoms with Crippen LogP contribution in [-0.4, -0.2) is 11.6 Å². The molecule has 0 bridgehead atoms. The fourth-order valence-electron chi connectivity index (χ4n) is 3.72. The van der Waals surface area contributed by atoms with E-state index in [9.17, 15) is 9.59 Å². The van der Waals surface area contributed by atoms with E-state index in [1.807, 2.05) is 6.92 Å². The number of hydrogen-bond donors (Lipinski definition) is 0. The summed E-state index contributed by atoms with van der Waals surface area (Å²) in [5, 5.41) is 0. The minimum atomic E-state index is 0.120. The third-order valence-corrected chi connectivity index (χ3v) is 5.48. The standard InChI is InChI=1S/C25H48O2/c1-3-5-6-7-8-9-10-11-12-13-14-15-16-17-18-19-20-22-25(27)23-24(26)21-4-2/h3-23H2,1-2H3. The average Bonchev–Trinajstić information content (AvgIpc) is 2.64. The second-order valence-corrected chi connectivity index (χ2v) is 8.41. The molecular weight excluding hydrogens is 332 g/mol. The van der Waals surface area contributed by atoms with Crippen molar-refractivity contribution >= 4 is 11.6 Å². The molecule has 0 radical (unpaired) electrons. The molecule has 27 heavy (non-hydrogen) atoms. The van der Waals surface area contributed by atoms with Crippen molar-refractivity contribution in [3.05, 3.63) is 0 Å². The molecule has 0 spiro atoms. The van der Waals surface area contributed by atoms with Crippen LogP contribution < -0.4 is 0 Å². The number of carbonyl (C=O) groups is 2. The maximum Gasteiger partial charge on any atom is 0.140 e. The molecule has 0 aromatic carbocycles. The SMILES string of the molecule is CCCCCCCCCCCCCCCCCCCC(=O)CC(=O)CCC. The minimum absolute atomic E-state index is 0.120. The molecule has 0 aliphatic rings. The van der Waals surface area contributed by atoms with Crippen molar-refractivity contribution in [1.29, 1.82) is 0 Å². The van der Waals surface area contributed by atoms with Gasteiger partial charge >= 0.3 is 0 Å². The normalized spacial score (nSPS) is 11.0. The molecule has 0 aliphatic heterocycles. The zero-order valence-corrected chi connectivity index (χ0v) is 18.7. The van der Waals surface area contributed by atoms with Crippen LogP contribution in [0.5, 0.6) is 0 Å². The van der Waals surface area contributed by atoms with E-state index in [0.29, 0.717) is 12.8 Å². The first-order valence-corrected chi connectivity index (χ1v) is 12.2. The summed E-state index contributed by atoms with van der Waals surface area (Å²) in [4.78, 5) is 23.1. The predicted octanol–water partition coefficient (Wildman–Crippen LogP) is 8.36. The van der Waals surface area contributed by atoms with Gasteiger partial charge < -0.3 is 0 Å². The summed E-state index contributed by atoms with van der Waals surface area (Å²) in [6.07, 6.45) is 25.2. The summed E-state index contributed by atoms with van der Waals surface area (Å²) >= 11 is 0. The number of Topliss-reactive ketones (excluding diaryl/α,β-unsaturated/α-hetero) is 2. The zero-order valence-electron chi connectivity index (χ0n) is 18.7. The second-order valence-electron chi connectivity index (χ2n) is 8.41. The summed E-state index contributed by atoms with van der Waals surface area (Å²) in [6, 6.07) is 0. The Morgan fingerprint density at radius 2 is 0.741 bits per heavy atom. The number of ketones is 2. The topological polar surface area (TPSA) is 34.1 Å². The summed E-state index contributed by atoms with van der Waals surface area (Å²) < 4.78 is 0. The van der Waals surface area contributed by atoms with Crippen LogP contribution in [0.2, 0.25) is 0 Å². The van der Waals surface area contributed by atoms with E-state index >= 15 is 0 Å². The number of rotatable bonds is 22. The lowest BCUT2D eigenvalue weighted by Gasteiger charge is -2.04. The summed E-state index contributed by atoms with van der Waals surface area (Å²) in [5.74, 6) is 0.267. The first-order chi connectivity index (χ1) is 13.2. The van der Waals surface area contributed by atoms with Crippen LogP contribution in [-0.2, 0) is 9.59 Å². The van der Waals surface area contributed by atoms with Gasteiger partial charge in [-0.15, -0.1) is 0 Å². The largest absolute Gasteiger partial charge is 0.299 e. The van der Waals surface area contributed by atoms with Crippen LogP contribution in [0.3, 0.4) is 0 Å². The van der Waals surface area contributed by atoms with E-state index in [0.717, 1.165) is 19.3 Å². The van der Waals surface area contributed by atoms with E-state index < -0.39 is 0 Å². The van der Waals surface area contributed by atoms with Crippen LogP contribution in [0.15, 0.2) is 0 Å². The number of unbranched alkanes of at least 4 members (excludes halogenated alkanes) is 16. The van der Waals surface area contributed by atoms with E-state index in [4.69, 9.17) is 0 Å². The molecule has 0 heterocycles. The average molecular weight is 381 g/mol. The molecule has 0 aromatic rings. The van der Waals surface area contributed by atoms with Gasteiger partial charge in [-0.1, -0.05) is 117 Å². The third-order valence-electron chi connectivity index (χ3n) is 5.48. The predicted molar refractivity (Wildman–Crippen MR) is 118 cm³/mol. The number of hydrogen-bond acceptors (Lipinski definition) is 2. The van der Waals surface area contributed by atoms with Crippen molar-refractivity contribution in [1.82, 2.24) is 0 Å². The highest BCUT2D eigenvalue weighted by Crippen LogP contribution is 2.14. The Labute approximate surface area is 170 Å². The maximum absolute atomic E-state index is 11.7. The lowest BCUT2D eigenvalue weighted by molar-refractivity contribution is -0.127. The van der Waals surface area contributed by atoms with Gasteiger partial charge in [-0.05, 0) is 12.8 Å². The molecule has 0 amide bonds. The van der Waals surface area contributed by atoms with Gasteiger partial charge in [0.1, 0.15) is 11.6 Å². The fraction of sp³-hybridized carbons (Fsp3) is 0.920. The first-order valence-electron chi connectivity index (χ1n) is 12.2. The molecule has 2 nitrogen and oxygen atoms in total.